The van der Waals surface area contributed by atoms with Crippen LogP contribution in [0.5, 0.6) is 0 Å². The number of ether oxygens (including phenoxy) is 1. The van der Waals surface area contributed by atoms with Gasteiger partial charge in [-0.3, -0.25) is 0 Å². The zero-order chi connectivity index (χ0) is 13.3. The summed E-state index contributed by atoms with van der Waals surface area (Å²) >= 11 is 8.52. The Kier molecular flexibility index (Phi) is 4.44. The molecule has 0 aromatic heterocycles. The highest BCUT2D eigenvalue weighted by molar-refractivity contribution is 14.1. The number of hydrogen-bond donors (Lipinski definition) is 1. The number of hydrogen-bond acceptors (Lipinski definition) is 2. The van der Waals surface area contributed by atoms with Gasteiger partial charge in [0.05, 0.1) is 16.8 Å². The van der Waals surface area contributed by atoms with Crippen molar-refractivity contribution >= 4 is 39.9 Å². The van der Waals surface area contributed by atoms with Crippen molar-refractivity contribution in [2.45, 2.75) is 39.3 Å². The Morgan fingerprint density at radius 3 is 2.83 bits per heavy atom. The molecule has 2 rings (SSSR count). The Morgan fingerprint density at radius 1 is 1.50 bits per heavy atom. The van der Waals surface area contributed by atoms with Crippen LogP contribution in [-0.2, 0) is 4.74 Å². The van der Waals surface area contributed by atoms with Crippen molar-refractivity contribution in [3.8, 4) is 0 Å². The van der Waals surface area contributed by atoms with E-state index in [0.29, 0.717) is 12.1 Å². The summed E-state index contributed by atoms with van der Waals surface area (Å²) in [7, 11) is 0. The molecule has 0 bridgehead atoms. The molecule has 1 saturated carbocycles. The highest BCUT2D eigenvalue weighted by atomic mass is 127. The van der Waals surface area contributed by atoms with Crippen molar-refractivity contribution in [3.05, 3.63) is 26.8 Å². The van der Waals surface area contributed by atoms with E-state index in [1.54, 1.807) is 0 Å². The SMILES string of the molecule is CCOC1CC(Nc2cc(I)ccc2Cl)C1(C)C. The molecule has 0 radical (unpaired) electrons. The molecule has 1 aromatic rings. The first-order chi connectivity index (χ1) is 8.45. The number of nitrogens with one attached hydrogen (secondary N) is 1. The largest absolute Gasteiger partial charge is 0.380 e. The number of anilines is 1. The number of benzene rings is 1. The third-order valence-corrected chi connectivity index (χ3v) is 4.80. The maximum Gasteiger partial charge on any atom is 0.0665 e. The fourth-order valence-electron chi connectivity index (χ4n) is 2.41. The van der Waals surface area contributed by atoms with Crippen LogP contribution in [0.3, 0.4) is 0 Å². The lowest BCUT2D eigenvalue weighted by Gasteiger charge is -2.52. The molecular weight excluding hydrogens is 361 g/mol. The Hall–Kier alpha value is -0.0000000000000000555. The van der Waals surface area contributed by atoms with Crippen LogP contribution in [0.4, 0.5) is 5.69 Å². The lowest BCUT2D eigenvalue weighted by Crippen LogP contribution is -2.58. The van der Waals surface area contributed by atoms with Gasteiger partial charge in [-0.1, -0.05) is 25.4 Å². The van der Waals surface area contributed by atoms with Crippen LogP contribution in [-0.4, -0.2) is 18.8 Å². The van der Waals surface area contributed by atoms with Crippen LogP contribution >= 0.6 is 34.2 Å². The molecule has 1 aromatic carbocycles. The van der Waals surface area contributed by atoms with Gasteiger partial charge in [0.2, 0.25) is 0 Å². The summed E-state index contributed by atoms with van der Waals surface area (Å²) in [5.74, 6) is 0. The summed E-state index contributed by atoms with van der Waals surface area (Å²) in [5.41, 5.74) is 1.18. The molecule has 2 unspecified atom stereocenters. The molecule has 1 aliphatic rings. The van der Waals surface area contributed by atoms with Gasteiger partial charge in [0.25, 0.3) is 0 Å². The average Bonchev–Trinajstić information content (AvgIpc) is 2.32. The molecule has 4 heteroatoms. The van der Waals surface area contributed by atoms with Gasteiger partial charge in [-0.05, 0) is 54.1 Å². The molecule has 0 spiro atoms. The minimum absolute atomic E-state index is 0.153. The first kappa shape index (κ1) is 14.4. The monoisotopic (exact) mass is 379 g/mol. The van der Waals surface area contributed by atoms with Crippen molar-refractivity contribution in [2.24, 2.45) is 5.41 Å². The average molecular weight is 380 g/mol. The van der Waals surface area contributed by atoms with E-state index in [-0.39, 0.29) is 5.41 Å². The molecular formula is C14H19ClINO. The summed E-state index contributed by atoms with van der Waals surface area (Å²) in [6, 6.07) is 6.47. The molecule has 0 amide bonds. The van der Waals surface area contributed by atoms with E-state index in [9.17, 15) is 0 Å². The third kappa shape index (κ3) is 2.78. The zero-order valence-electron chi connectivity index (χ0n) is 11.0. The van der Waals surface area contributed by atoms with E-state index in [1.807, 2.05) is 19.1 Å². The molecule has 2 nitrogen and oxygen atoms in total. The van der Waals surface area contributed by atoms with Gasteiger partial charge in [0.1, 0.15) is 0 Å². The summed E-state index contributed by atoms with van der Waals surface area (Å²) in [5, 5.41) is 4.33. The van der Waals surface area contributed by atoms with Crippen LogP contribution in [0.25, 0.3) is 0 Å². The highest BCUT2D eigenvalue weighted by Crippen LogP contribution is 2.45. The van der Waals surface area contributed by atoms with Crippen molar-refractivity contribution in [1.82, 2.24) is 0 Å². The second-order valence-electron chi connectivity index (χ2n) is 5.32. The zero-order valence-corrected chi connectivity index (χ0v) is 13.9. The predicted molar refractivity (Wildman–Crippen MR) is 85.4 cm³/mol. The van der Waals surface area contributed by atoms with E-state index in [4.69, 9.17) is 16.3 Å². The Balaban J connectivity index is 2.05. The minimum atomic E-state index is 0.153. The van der Waals surface area contributed by atoms with E-state index in [0.717, 1.165) is 23.7 Å². The van der Waals surface area contributed by atoms with Crippen LogP contribution in [0.2, 0.25) is 5.02 Å². The molecule has 0 aliphatic heterocycles. The number of halogens is 2. The van der Waals surface area contributed by atoms with Gasteiger partial charge in [-0.25, -0.2) is 0 Å². The van der Waals surface area contributed by atoms with Gasteiger partial charge < -0.3 is 10.1 Å². The lowest BCUT2D eigenvalue weighted by molar-refractivity contribution is -0.0975. The van der Waals surface area contributed by atoms with Crippen LogP contribution < -0.4 is 5.32 Å². The van der Waals surface area contributed by atoms with Gasteiger partial charge in [0, 0.05) is 21.6 Å². The van der Waals surface area contributed by atoms with E-state index < -0.39 is 0 Å². The summed E-state index contributed by atoms with van der Waals surface area (Å²) in [6.45, 7) is 7.32. The van der Waals surface area contributed by atoms with Crippen molar-refractivity contribution < 1.29 is 4.74 Å². The molecule has 1 aliphatic carbocycles. The third-order valence-electron chi connectivity index (χ3n) is 3.80. The Bertz CT molecular complexity index is 436. The van der Waals surface area contributed by atoms with Crippen LogP contribution in [0.15, 0.2) is 18.2 Å². The lowest BCUT2D eigenvalue weighted by atomic mass is 9.64. The molecule has 0 saturated heterocycles. The van der Waals surface area contributed by atoms with E-state index >= 15 is 0 Å². The topological polar surface area (TPSA) is 21.3 Å². The van der Waals surface area contributed by atoms with Crippen LogP contribution in [0.1, 0.15) is 27.2 Å². The summed E-state index contributed by atoms with van der Waals surface area (Å²) in [4.78, 5) is 0. The molecule has 1 fully saturated rings. The standard InChI is InChI=1S/C14H19ClINO/c1-4-18-13-8-12(14(13,2)3)17-11-7-9(16)5-6-10(11)15/h5-7,12-13,17H,4,8H2,1-3H3. The molecule has 0 heterocycles. The molecule has 18 heavy (non-hydrogen) atoms. The second kappa shape index (κ2) is 5.55. The van der Waals surface area contributed by atoms with Gasteiger partial charge in [0.15, 0.2) is 0 Å². The van der Waals surface area contributed by atoms with E-state index in [1.165, 1.54) is 3.57 Å². The van der Waals surface area contributed by atoms with Gasteiger partial charge >= 0.3 is 0 Å². The number of rotatable bonds is 4. The van der Waals surface area contributed by atoms with Crippen molar-refractivity contribution in [3.63, 3.8) is 0 Å². The maximum absolute atomic E-state index is 6.21. The Labute approximate surface area is 128 Å². The maximum atomic E-state index is 6.21. The normalized spacial score (nSPS) is 25.6. The molecule has 100 valence electrons. The smallest absolute Gasteiger partial charge is 0.0665 e. The molecule has 1 N–H and O–H groups in total. The molecule has 2 atom stereocenters. The van der Waals surface area contributed by atoms with Crippen molar-refractivity contribution in [1.29, 1.82) is 0 Å². The fourth-order valence-corrected chi connectivity index (χ4v) is 3.07. The second-order valence-corrected chi connectivity index (χ2v) is 6.97. The Morgan fingerprint density at radius 2 is 2.22 bits per heavy atom. The minimum Gasteiger partial charge on any atom is -0.380 e. The quantitative estimate of drug-likeness (QED) is 0.774. The summed E-state index contributed by atoms with van der Waals surface area (Å²) < 4.78 is 6.93. The fraction of sp³-hybridized carbons (Fsp3) is 0.571. The highest BCUT2D eigenvalue weighted by Gasteiger charge is 2.48. The summed E-state index contributed by atoms with van der Waals surface area (Å²) in [6.07, 6.45) is 1.39. The predicted octanol–water partition coefficient (Wildman–Crippen LogP) is 4.56. The van der Waals surface area contributed by atoms with E-state index in [2.05, 4.69) is 47.8 Å². The van der Waals surface area contributed by atoms with Crippen LogP contribution in [0, 0.1) is 8.99 Å². The van der Waals surface area contributed by atoms with Crippen molar-refractivity contribution in [2.75, 3.05) is 11.9 Å². The van der Waals surface area contributed by atoms with Gasteiger partial charge in [-0.2, -0.15) is 0 Å². The first-order valence-corrected chi connectivity index (χ1v) is 7.74. The first-order valence-electron chi connectivity index (χ1n) is 6.28. The van der Waals surface area contributed by atoms with Gasteiger partial charge in [-0.15, -0.1) is 0 Å².